The number of hydrogen-bond acceptors (Lipinski definition) is 3. The Hall–Kier alpha value is -1.82. The van der Waals surface area contributed by atoms with Crippen molar-refractivity contribution in [3.8, 4) is 0 Å². The maximum atomic E-state index is 12.8. The van der Waals surface area contributed by atoms with Crippen LogP contribution in [0, 0.1) is 12.8 Å². The third kappa shape index (κ3) is 3.48. The molecule has 3 rings (SSSR count). The Bertz CT molecular complexity index is 590. The van der Waals surface area contributed by atoms with Crippen molar-refractivity contribution in [2.45, 2.75) is 26.7 Å². The van der Waals surface area contributed by atoms with Gasteiger partial charge in [0.1, 0.15) is 5.76 Å². The first-order chi connectivity index (χ1) is 11.6. The Balaban J connectivity index is 1.60. The summed E-state index contributed by atoms with van der Waals surface area (Å²) in [5.74, 6) is 0.802. The van der Waals surface area contributed by atoms with Crippen LogP contribution in [0.25, 0.3) is 0 Å². The normalized spacial score (nSPS) is 22.7. The predicted molar refractivity (Wildman–Crippen MR) is 89.9 cm³/mol. The number of nitrogens with one attached hydrogen (secondary N) is 1. The smallest absolute Gasteiger partial charge is 0.257 e. The van der Waals surface area contributed by atoms with E-state index >= 15 is 0 Å². The van der Waals surface area contributed by atoms with E-state index in [0.717, 1.165) is 52.1 Å². The van der Waals surface area contributed by atoms with Crippen LogP contribution in [0.5, 0.6) is 0 Å². The Morgan fingerprint density at radius 2 is 2.00 bits per heavy atom. The molecule has 1 aromatic heterocycles. The number of hydrogen-bond donors (Lipinski definition) is 1. The zero-order chi connectivity index (χ0) is 17.1. The molecule has 2 aliphatic rings. The molecule has 2 saturated heterocycles. The molecular weight excluding hydrogens is 306 g/mol. The van der Waals surface area contributed by atoms with Gasteiger partial charge < -0.3 is 19.1 Å². The van der Waals surface area contributed by atoms with E-state index in [1.807, 2.05) is 9.80 Å². The predicted octanol–water partition coefficient (Wildman–Crippen LogP) is 0.187. The number of furan rings is 1. The molecule has 0 aliphatic carbocycles. The molecule has 0 saturated carbocycles. The summed E-state index contributed by atoms with van der Waals surface area (Å²) in [6, 6.07) is 1.72. The summed E-state index contributed by atoms with van der Waals surface area (Å²) >= 11 is 0. The highest BCUT2D eigenvalue weighted by Crippen LogP contribution is 2.22. The lowest BCUT2D eigenvalue weighted by atomic mass is 9.95. The van der Waals surface area contributed by atoms with Crippen molar-refractivity contribution in [3.63, 3.8) is 0 Å². The van der Waals surface area contributed by atoms with E-state index in [9.17, 15) is 9.59 Å². The highest BCUT2D eigenvalue weighted by molar-refractivity contribution is 5.95. The number of piperidine rings is 1. The molecule has 132 valence electrons. The van der Waals surface area contributed by atoms with Gasteiger partial charge in [0.15, 0.2) is 0 Å². The molecule has 6 nitrogen and oxygen atoms in total. The number of carbonyl (C=O) groups is 2. The number of carbonyl (C=O) groups excluding carboxylic acids is 2. The maximum Gasteiger partial charge on any atom is 0.257 e. The van der Waals surface area contributed by atoms with Gasteiger partial charge in [-0.15, -0.1) is 0 Å². The zero-order valence-electron chi connectivity index (χ0n) is 14.7. The topological polar surface area (TPSA) is 58.2 Å². The summed E-state index contributed by atoms with van der Waals surface area (Å²) in [5.41, 5.74) is 0.614. The lowest BCUT2D eigenvalue weighted by Gasteiger charge is -2.37. The van der Waals surface area contributed by atoms with E-state index in [4.69, 9.17) is 4.42 Å². The van der Waals surface area contributed by atoms with E-state index in [2.05, 4.69) is 6.92 Å². The maximum absolute atomic E-state index is 12.8. The van der Waals surface area contributed by atoms with Crippen molar-refractivity contribution in [3.05, 3.63) is 23.7 Å². The van der Waals surface area contributed by atoms with Crippen molar-refractivity contribution >= 4 is 11.8 Å². The highest BCUT2D eigenvalue weighted by atomic mass is 16.3. The molecule has 0 unspecified atom stereocenters. The minimum atomic E-state index is -0.0573. The van der Waals surface area contributed by atoms with Crippen molar-refractivity contribution in [1.29, 1.82) is 0 Å². The van der Waals surface area contributed by atoms with E-state index in [1.54, 1.807) is 24.2 Å². The first-order valence-electron chi connectivity index (χ1n) is 9.06. The van der Waals surface area contributed by atoms with Crippen molar-refractivity contribution in [2.75, 3.05) is 45.8 Å². The molecule has 0 radical (unpaired) electrons. The van der Waals surface area contributed by atoms with Crippen LogP contribution in [0.15, 0.2) is 16.7 Å². The fraction of sp³-hybridized carbons (Fsp3) is 0.667. The molecule has 0 aromatic carbocycles. The number of likely N-dealkylation sites (tertiary alicyclic amines) is 1. The lowest BCUT2D eigenvalue weighted by molar-refractivity contribution is -0.902. The van der Waals surface area contributed by atoms with Gasteiger partial charge >= 0.3 is 0 Å². The van der Waals surface area contributed by atoms with Crippen molar-refractivity contribution in [1.82, 2.24) is 9.80 Å². The van der Waals surface area contributed by atoms with Crippen LogP contribution in [0.1, 0.15) is 35.9 Å². The van der Waals surface area contributed by atoms with Gasteiger partial charge in [-0.1, -0.05) is 0 Å². The van der Waals surface area contributed by atoms with Gasteiger partial charge in [0.25, 0.3) is 5.91 Å². The summed E-state index contributed by atoms with van der Waals surface area (Å²) in [6.45, 7) is 10.1. The summed E-state index contributed by atoms with van der Waals surface area (Å²) in [6.07, 6.45) is 3.32. The number of aryl methyl sites for hydroxylation is 1. The number of quaternary nitrogens is 1. The number of rotatable bonds is 3. The highest BCUT2D eigenvalue weighted by Gasteiger charge is 2.33. The minimum absolute atomic E-state index is 0.0148. The van der Waals surface area contributed by atoms with E-state index in [-0.39, 0.29) is 17.7 Å². The third-order valence-electron chi connectivity index (χ3n) is 5.43. The van der Waals surface area contributed by atoms with Crippen LogP contribution in [0.3, 0.4) is 0 Å². The largest absolute Gasteiger partial charge is 0.469 e. The van der Waals surface area contributed by atoms with Crippen LogP contribution >= 0.6 is 0 Å². The Kier molecular flexibility index (Phi) is 5.23. The van der Waals surface area contributed by atoms with Gasteiger partial charge in [-0.3, -0.25) is 9.59 Å². The molecule has 24 heavy (non-hydrogen) atoms. The number of amides is 2. The lowest BCUT2D eigenvalue weighted by Crippen LogP contribution is -3.14. The first kappa shape index (κ1) is 17.0. The molecule has 0 bridgehead atoms. The van der Waals surface area contributed by atoms with Gasteiger partial charge in [-0.25, -0.2) is 0 Å². The average molecular weight is 334 g/mol. The van der Waals surface area contributed by atoms with Crippen LogP contribution in [0.2, 0.25) is 0 Å². The molecule has 1 N–H and O–H groups in total. The summed E-state index contributed by atoms with van der Waals surface area (Å²) in [4.78, 5) is 30.9. The third-order valence-corrected chi connectivity index (χ3v) is 5.43. The monoisotopic (exact) mass is 334 g/mol. The zero-order valence-corrected chi connectivity index (χ0v) is 14.7. The standard InChI is InChI=1S/C18H27N3O3/c1-3-19-8-10-20(11-9-19)17(22)15-5-4-7-21(13-15)18(23)16-6-12-24-14(16)2/h6,12,15H,3-5,7-11,13H2,1-2H3/p+1/t15-/m1/s1. The molecule has 3 heterocycles. The molecule has 2 amide bonds. The van der Waals surface area contributed by atoms with E-state index in [1.165, 1.54) is 0 Å². The SMILES string of the molecule is CC[NH+]1CCN(C(=O)[C@@H]2CCCN(C(=O)c3ccoc3C)C2)CC1. The second-order valence-corrected chi connectivity index (χ2v) is 6.91. The fourth-order valence-electron chi connectivity index (χ4n) is 3.80. The number of likely N-dealkylation sites (N-methyl/N-ethyl adjacent to an activating group) is 1. The first-order valence-corrected chi connectivity index (χ1v) is 9.06. The molecular formula is C18H28N3O3+. The summed E-state index contributed by atoms with van der Waals surface area (Å²) in [7, 11) is 0. The van der Waals surface area contributed by atoms with Crippen LogP contribution in [-0.4, -0.2) is 67.4 Å². The Morgan fingerprint density at radius 3 is 2.62 bits per heavy atom. The number of nitrogens with zero attached hydrogens (tertiary/aromatic N) is 2. The molecule has 2 aliphatic heterocycles. The molecule has 2 fully saturated rings. The van der Waals surface area contributed by atoms with Gasteiger partial charge in [0.2, 0.25) is 5.91 Å². The molecule has 1 aromatic rings. The minimum Gasteiger partial charge on any atom is -0.469 e. The molecule has 1 atom stereocenters. The average Bonchev–Trinajstić information content (AvgIpc) is 3.06. The number of piperazine rings is 1. The Morgan fingerprint density at radius 1 is 1.25 bits per heavy atom. The van der Waals surface area contributed by atoms with Gasteiger partial charge in [0.05, 0.1) is 50.5 Å². The van der Waals surface area contributed by atoms with Crippen LogP contribution in [-0.2, 0) is 4.79 Å². The summed E-state index contributed by atoms with van der Waals surface area (Å²) in [5, 5.41) is 0. The summed E-state index contributed by atoms with van der Waals surface area (Å²) < 4.78 is 5.24. The van der Waals surface area contributed by atoms with Crippen molar-refractivity contribution in [2.24, 2.45) is 5.92 Å². The quantitative estimate of drug-likeness (QED) is 0.858. The van der Waals surface area contributed by atoms with E-state index in [0.29, 0.717) is 17.9 Å². The van der Waals surface area contributed by atoms with E-state index < -0.39 is 0 Å². The van der Waals surface area contributed by atoms with Gasteiger partial charge in [-0.05, 0) is 32.8 Å². The van der Waals surface area contributed by atoms with Crippen LogP contribution in [0.4, 0.5) is 0 Å². The Labute approximate surface area is 143 Å². The van der Waals surface area contributed by atoms with Crippen LogP contribution < -0.4 is 4.90 Å². The second-order valence-electron chi connectivity index (χ2n) is 6.91. The van der Waals surface area contributed by atoms with Gasteiger partial charge in [-0.2, -0.15) is 0 Å². The fourth-order valence-corrected chi connectivity index (χ4v) is 3.80. The second kappa shape index (κ2) is 7.38. The molecule has 0 spiro atoms. The van der Waals surface area contributed by atoms with Crippen molar-refractivity contribution < 1.29 is 18.9 Å². The van der Waals surface area contributed by atoms with Gasteiger partial charge in [0, 0.05) is 13.1 Å². The molecule has 6 heteroatoms.